The molecule has 0 radical (unpaired) electrons. The van der Waals surface area contributed by atoms with Crippen LogP contribution in [0.1, 0.15) is 24.2 Å². The number of rotatable bonds is 6. The van der Waals surface area contributed by atoms with E-state index in [2.05, 4.69) is 15.6 Å². The van der Waals surface area contributed by atoms with E-state index in [-0.39, 0.29) is 12.0 Å². The number of carbonyl (C=O) groups is 1. The van der Waals surface area contributed by atoms with Gasteiger partial charge < -0.3 is 15.4 Å². The molecule has 0 saturated heterocycles. The van der Waals surface area contributed by atoms with E-state index in [1.165, 1.54) is 0 Å². The third kappa shape index (κ3) is 4.03. The van der Waals surface area contributed by atoms with Crippen LogP contribution in [-0.4, -0.2) is 37.2 Å². The highest BCUT2D eigenvalue weighted by Gasteiger charge is 2.11. The summed E-state index contributed by atoms with van der Waals surface area (Å²) in [5, 5.41) is 5.76. The standard InChI is InChI=1S/C12H19N3O2/c1-4-17-9(2)7-15-12(16)10-5-6-14-8-11(10)13-3/h5-6,8-9,13H,4,7H2,1-3H3,(H,15,16). The second-order valence-corrected chi connectivity index (χ2v) is 3.65. The topological polar surface area (TPSA) is 63.2 Å². The lowest BCUT2D eigenvalue weighted by Gasteiger charge is -2.13. The van der Waals surface area contributed by atoms with Crippen molar-refractivity contribution in [2.45, 2.75) is 20.0 Å². The summed E-state index contributed by atoms with van der Waals surface area (Å²) in [4.78, 5) is 15.9. The van der Waals surface area contributed by atoms with Crippen molar-refractivity contribution < 1.29 is 9.53 Å². The molecule has 0 aliphatic carbocycles. The van der Waals surface area contributed by atoms with Crippen LogP contribution in [-0.2, 0) is 4.74 Å². The quantitative estimate of drug-likeness (QED) is 0.782. The van der Waals surface area contributed by atoms with Gasteiger partial charge in [0.25, 0.3) is 5.91 Å². The molecule has 0 saturated carbocycles. The van der Waals surface area contributed by atoms with Gasteiger partial charge in [0.05, 0.1) is 23.6 Å². The van der Waals surface area contributed by atoms with Gasteiger partial charge in [-0.2, -0.15) is 0 Å². The monoisotopic (exact) mass is 237 g/mol. The molecular formula is C12H19N3O2. The van der Waals surface area contributed by atoms with Gasteiger partial charge in [-0.15, -0.1) is 0 Å². The highest BCUT2D eigenvalue weighted by atomic mass is 16.5. The minimum absolute atomic E-state index is 0.0174. The first-order chi connectivity index (χ1) is 8.19. The van der Waals surface area contributed by atoms with Crippen molar-refractivity contribution >= 4 is 11.6 Å². The number of ether oxygens (including phenoxy) is 1. The van der Waals surface area contributed by atoms with E-state index in [4.69, 9.17) is 4.74 Å². The Kier molecular flexibility index (Phi) is 5.42. The molecule has 1 aromatic rings. The summed E-state index contributed by atoms with van der Waals surface area (Å²) in [6, 6.07) is 1.69. The minimum Gasteiger partial charge on any atom is -0.386 e. The van der Waals surface area contributed by atoms with Crippen molar-refractivity contribution in [2.24, 2.45) is 0 Å². The van der Waals surface area contributed by atoms with E-state index in [0.29, 0.717) is 24.4 Å². The number of nitrogens with one attached hydrogen (secondary N) is 2. The van der Waals surface area contributed by atoms with Crippen molar-refractivity contribution in [3.63, 3.8) is 0 Å². The molecule has 1 rings (SSSR count). The Hall–Kier alpha value is -1.62. The Morgan fingerprint density at radius 2 is 2.35 bits per heavy atom. The Morgan fingerprint density at radius 1 is 1.59 bits per heavy atom. The van der Waals surface area contributed by atoms with Gasteiger partial charge in [0, 0.05) is 26.4 Å². The molecule has 5 heteroatoms. The SMILES string of the molecule is CCOC(C)CNC(=O)c1ccncc1NC. The molecule has 0 bridgehead atoms. The molecule has 1 aromatic heterocycles. The van der Waals surface area contributed by atoms with Crippen LogP contribution in [0.3, 0.4) is 0 Å². The van der Waals surface area contributed by atoms with Gasteiger partial charge in [-0.3, -0.25) is 9.78 Å². The zero-order valence-electron chi connectivity index (χ0n) is 10.5. The van der Waals surface area contributed by atoms with Crippen molar-refractivity contribution in [3.8, 4) is 0 Å². The lowest BCUT2D eigenvalue weighted by Crippen LogP contribution is -2.32. The number of carbonyl (C=O) groups excluding carboxylic acids is 1. The largest absolute Gasteiger partial charge is 0.386 e. The number of nitrogens with zero attached hydrogens (tertiary/aromatic N) is 1. The van der Waals surface area contributed by atoms with Crippen molar-refractivity contribution in [2.75, 3.05) is 25.5 Å². The average Bonchev–Trinajstić information content (AvgIpc) is 2.36. The minimum atomic E-state index is -0.122. The van der Waals surface area contributed by atoms with Gasteiger partial charge >= 0.3 is 0 Å². The number of anilines is 1. The molecular weight excluding hydrogens is 218 g/mol. The molecule has 1 unspecified atom stereocenters. The smallest absolute Gasteiger partial charge is 0.253 e. The Morgan fingerprint density at radius 3 is 3.00 bits per heavy atom. The number of aromatic nitrogens is 1. The summed E-state index contributed by atoms with van der Waals surface area (Å²) < 4.78 is 5.34. The van der Waals surface area contributed by atoms with Crippen LogP contribution >= 0.6 is 0 Å². The molecule has 0 spiro atoms. The molecule has 1 atom stereocenters. The molecule has 0 aliphatic heterocycles. The van der Waals surface area contributed by atoms with Gasteiger partial charge in [0.1, 0.15) is 0 Å². The molecule has 0 aliphatic rings. The Balaban J connectivity index is 2.58. The number of pyridine rings is 1. The lowest BCUT2D eigenvalue weighted by atomic mass is 10.2. The third-order valence-electron chi connectivity index (χ3n) is 2.34. The first kappa shape index (κ1) is 13.4. The molecule has 1 amide bonds. The van der Waals surface area contributed by atoms with Crippen LogP contribution in [0.25, 0.3) is 0 Å². The summed E-state index contributed by atoms with van der Waals surface area (Å²) in [5.41, 5.74) is 1.31. The lowest BCUT2D eigenvalue weighted by molar-refractivity contribution is 0.0695. The molecule has 17 heavy (non-hydrogen) atoms. The van der Waals surface area contributed by atoms with E-state index >= 15 is 0 Å². The van der Waals surface area contributed by atoms with Crippen molar-refractivity contribution in [1.82, 2.24) is 10.3 Å². The molecule has 2 N–H and O–H groups in total. The first-order valence-electron chi connectivity index (χ1n) is 5.70. The predicted molar refractivity (Wildman–Crippen MR) is 67.2 cm³/mol. The van der Waals surface area contributed by atoms with Crippen molar-refractivity contribution in [3.05, 3.63) is 24.0 Å². The fraction of sp³-hybridized carbons (Fsp3) is 0.500. The normalized spacial score (nSPS) is 11.9. The van der Waals surface area contributed by atoms with E-state index in [1.54, 1.807) is 25.5 Å². The number of amides is 1. The maximum absolute atomic E-state index is 11.9. The zero-order valence-corrected chi connectivity index (χ0v) is 10.5. The second kappa shape index (κ2) is 6.85. The molecule has 5 nitrogen and oxygen atoms in total. The summed E-state index contributed by atoms with van der Waals surface area (Å²) in [6.07, 6.45) is 3.24. The summed E-state index contributed by atoms with van der Waals surface area (Å²) in [6.45, 7) is 5.00. The van der Waals surface area contributed by atoms with E-state index in [9.17, 15) is 4.79 Å². The fourth-order valence-corrected chi connectivity index (χ4v) is 1.47. The molecule has 1 heterocycles. The highest BCUT2D eigenvalue weighted by Crippen LogP contribution is 2.11. The summed E-state index contributed by atoms with van der Waals surface area (Å²) in [7, 11) is 1.76. The number of hydrogen-bond donors (Lipinski definition) is 2. The van der Waals surface area contributed by atoms with E-state index in [0.717, 1.165) is 0 Å². The predicted octanol–water partition coefficient (Wildman–Crippen LogP) is 1.28. The van der Waals surface area contributed by atoms with Crippen LogP contribution in [0.4, 0.5) is 5.69 Å². The van der Waals surface area contributed by atoms with Crippen LogP contribution in [0.5, 0.6) is 0 Å². The molecule has 94 valence electrons. The van der Waals surface area contributed by atoms with Gasteiger partial charge in [-0.1, -0.05) is 0 Å². The van der Waals surface area contributed by atoms with Crippen molar-refractivity contribution in [1.29, 1.82) is 0 Å². The van der Waals surface area contributed by atoms with E-state index < -0.39 is 0 Å². The number of hydrogen-bond acceptors (Lipinski definition) is 4. The van der Waals surface area contributed by atoms with Crippen LogP contribution < -0.4 is 10.6 Å². The maximum Gasteiger partial charge on any atom is 0.253 e. The van der Waals surface area contributed by atoms with Crippen LogP contribution in [0, 0.1) is 0 Å². The first-order valence-corrected chi connectivity index (χ1v) is 5.70. The van der Waals surface area contributed by atoms with Crippen LogP contribution in [0.2, 0.25) is 0 Å². The third-order valence-corrected chi connectivity index (χ3v) is 2.34. The highest BCUT2D eigenvalue weighted by molar-refractivity contribution is 5.99. The zero-order chi connectivity index (χ0) is 12.7. The van der Waals surface area contributed by atoms with Gasteiger partial charge in [0.2, 0.25) is 0 Å². The molecule has 0 aromatic carbocycles. The second-order valence-electron chi connectivity index (χ2n) is 3.65. The van der Waals surface area contributed by atoms with Gasteiger partial charge in [-0.25, -0.2) is 0 Å². The summed E-state index contributed by atoms with van der Waals surface area (Å²) in [5.74, 6) is -0.122. The Labute approximate surface area is 102 Å². The summed E-state index contributed by atoms with van der Waals surface area (Å²) >= 11 is 0. The van der Waals surface area contributed by atoms with E-state index in [1.807, 2.05) is 13.8 Å². The Bertz CT molecular complexity index is 369. The van der Waals surface area contributed by atoms with Gasteiger partial charge in [0.15, 0.2) is 0 Å². The van der Waals surface area contributed by atoms with Crippen LogP contribution in [0.15, 0.2) is 18.5 Å². The average molecular weight is 237 g/mol. The maximum atomic E-state index is 11.9. The van der Waals surface area contributed by atoms with Gasteiger partial charge in [-0.05, 0) is 19.9 Å². The fourth-order valence-electron chi connectivity index (χ4n) is 1.47. The molecule has 0 fully saturated rings.